The van der Waals surface area contributed by atoms with Crippen LogP contribution in [0.5, 0.6) is 0 Å². The number of hydrogen-bond acceptors (Lipinski definition) is 10. The Morgan fingerprint density at radius 3 is 2.43 bits per heavy atom. The second-order valence-corrected chi connectivity index (χ2v) is 15.1. The maximum atomic E-state index is 12.8. The summed E-state index contributed by atoms with van der Waals surface area (Å²) in [7, 11) is 1.83. The molecule has 2 aliphatic heterocycles. The molecule has 1 fully saturated rings. The summed E-state index contributed by atoms with van der Waals surface area (Å²) in [6, 6.07) is 18.3. The third-order valence-corrected chi connectivity index (χ3v) is 11.4. The van der Waals surface area contributed by atoms with Crippen molar-refractivity contribution in [2.45, 2.75) is 46.8 Å². The second-order valence-electron chi connectivity index (χ2n) is 14.0. The van der Waals surface area contributed by atoms with Crippen molar-refractivity contribution in [3.63, 3.8) is 0 Å². The van der Waals surface area contributed by atoms with Crippen molar-refractivity contribution in [2.75, 3.05) is 39.8 Å². The maximum Gasteiger partial charge on any atom is 0.310 e. The molecule has 51 heavy (non-hydrogen) atoms. The van der Waals surface area contributed by atoms with Crippen LogP contribution in [-0.2, 0) is 29.2 Å². The fraction of sp³-hybridized carbons (Fsp3) is 0.359. The summed E-state index contributed by atoms with van der Waals surface area (Å²) in [6.07, 6.45) is 0.583. The number of carboxylic acids is 1. The number of likely N-dealkylation sites (tertiary alicyclic amines) is 1. The smallest absolute Gasteiger partial charge is 0.310 e. The van der Waals surface area contributed by atoms with E-state index in [2.05, 4.69) is 43.0 Å². The Morgan fingerprint density at radius 1 is 1.06 bits per heavy atom. The number of nitrogens with zero attached hydrogens (tertiary/aromatic N) is 6. The third-order valence-electron chi connectivity index (χ3n) is 10.3. The molecule has 0 saturated carbocycles. The summed E-state index contributed by atoms with van der Waals surface area (Å²) >= 11 is 1.63. The van der Waals surface area contributed by atoms with Gasteiger partial charge in [-0.05, 0) is 86.8 Å². The van der Waals surface area contributed by atoms with E-state index in [4.69, 9.17) is 19.5 Å². The van der Waals surface area contributed by atoms with Gasteiger partial charge >= 0.3 is 5.97 Å². The van der Waals surface area contributed by atoms with E-state index in [1.165, 1.54) is 0 Å². The highest BCUT2D eigenvalue weighted by molar-refractivity contribution is 7.15. The van der Waals surface area contributed by atoms with E-state index >= 15 is 0 Å². The van der Waals surface area contributed by atoms with Gasteiger partial charge < -0.3 is 19.5 Å². The number of fused-ring (bicyclic) bond motifs is 2. The van der Waals surface area contributed by atoms with Gasteiger partial charge in [0, 0.05) is 35.6 Å². The van der Waals surface area contributed by atoms with Gasteiger partial charge in [0.25, 0.3) is 0 Å². The van der Waals surface area contributed by atoms with Crippen LogP contribution in [0.15, 0.2) is 52.9 Å². The topological polar surface area (TPSA) is 147 Å². The van der Waals surface area contributed by atoms with Crippen LogP contribution in [0.2, 0.25) is 0 Å². The predicted molar refractivity (Wildman–Crippen MR) is 195 cm³/mol. The molecule has 12 heteroatoms. The largest absolute Gasteiger partial charge is 0.481 e. The Bertz CT molecular complexity index is 2200. The summed E-state index contributed by atoms with van der Waals surface area (Å²) in [5, 5.41) is 29.8. The van der Waals surface area contributed by atoms with Crippen molar-refractivity contribution in [1.29, 1.82) is 5.26 Å². The first kappa shape index (κ1) is 34.5. The number of carboxylic acid groups (broad SMARTS) is 1. The minimum absolute atomic E-state index is 0.0175. The monoisotopic (exact) mass is 704 g/mol. The standard InChI is InChI=1S/C39H40N6O5S/c1-23-27(28-8-6-10-30(24(28)2)37-42-32-19-45(20-33(32)51-37)34(47)21-43(4)13-14-46)7-5-9-29(23)36-41-31-16-25(15-26(17-40)35(31)50-36)18-44-12-11-39(3,22-44)38(48)49/h5-10,15-16,46H,11-14,18-22H2,1-4H3,(H,48,49). The number of aliphatic carboxylic acids is 1. The zero-order valence-electron chi connectivity index (χ0n) is 29.2. The van der Waals surface area contributed by atoms with Crippen LogP contribution in [0.3, 0.4) is 0 Å². The van der Waals surface area contributed by atoms with E-state index in [1.807, 2.05) is 47.2 Å². The van der Waals surface area contributed by atoms with Gasteiger partial charge in [-0.2, -0.15) is 5.26 Å². The summed E-state index contributed by atoms with van der Waals surface area (Å²) in [4.78, 5) is 41.2. The Balaban J connectivity index is 1.14. The number of carbonyl (C=O) groups is 2. The van der Waals surface area contributed by atoms with Crippen LogP contribution in [0.25, 0.3) is 44.3 Å². The molecule has 1 atom stereocenters. The Morgan fingerprint density at radius 2 is 1.76 bits per heavy atom. The van der Waals surface area contributed by atoms with E-state index in [9.17, 15) is 20.0 Å². The Labute approximate surface area is 300 Å². The number of rotatable bonds is 10. The van der Waals surface area contributed by atoms with E-state index in [1.54, 1.807) is 18.3 Å². The summed E-state index contributed by atoms with van der Waals surface area (Å²) in [5.41, 5.74) is 8.57. The van der Waals surface area contributed by atoms with Gasteiger partial charge in [-0.25, -0.2) is 9.97 Å². The lowest BCUT2D eigenvalue weighted by Gasteiger charge is -2.20. The van der Waals surface area contributed by atoms with Gasteiger partial charge in [0.15, 0.2) is 5.58 Å². The average molecular weight is 705 g/mol. The zero-order chi connectivity index (χ0) is 36.0. The van der Waals surface area contributed by atoms with Crippen molar-refractivity contribution in [2.24, 2.45) is 5.41 Å². The molecule has 11 nitrogen and oxygen atoms in total. The molecule has 1 amide bonds. The number of oxazole rings is 1. The molecule has 2 N–H and O–H groups in total. The molecule has 4 heterocycles. The van der Waals surface area contributed by atoms with E-state index < -0.39 is 11.4 Å². The lowest BCUT2D eigenvalue weighted by Crippen LogP contribution is -2.37. The fourth-order valence-corrected chi connectivity index (χ4v) is 8.40. The van der Waals surface area contributed by atoms with Gasteiger partial charge in [-0.15, -0.1) is 11.3 Å². The van der Waals surface area contributed by atoms with Crippen LogP contribution >= 0.6 is 11.3 Å². The minimum atomic E-state index is -0.786. The first-order valence-corrected chi connectivity index (χ1v) is 17.8. The number of aliphatic hydroxyl groups excluding tert-OH is 1. The molecule has 0 spiro atoms. The predicted octanol–water partition coefficient (Wildman–Crippen LogP) is 5.84. The summed E-state index contributed by atoms with van der Waals surface area (Å²) in [5.74, 6) is -0.322. The van der Waals surface area contributed by atoms with E-state index in [0.29, 0.717) is 68.2 Å². The Hall–Kier alpha value is -4.93. The number of thiazole rings is 1. The molecular weight excluding hydrogens is 665 g/mol. The third kappa shape index (κ3) is 6.54. The van der Waals surface area contributed by atoms with Gasteiger partial charge in [-0.3, -0.25) is 19.4 Å². The molecule has 2 aromatic heterocycles. The number of nitriles is 1. The highest BCUT2D eigenvalue weighted by Gasteiger charge is 2.40. The van der Waals surface area contributed by atoms with Gasteiger partial charge in [-0.1, -0.05) is 30.3 Å². The minimum Gasteiger partial charge on any atom is -0.481 e. The van der Waals surface area contributed by atoms with Crippen molar-refractivity contribution in [1.82, 2.24) is 24.7 Å². The van der Waals surface area contributed by atoms with E-state index in [-0.39, 0.29) is 19.1 Å². The van der Waals surface area contributed by atoms with E-state index in [0.717, 1.165) is 54.5 Å². The molecule has 0 aliphatic carbocycles. The number of aliphatic hydroxyl groups is 1. The molecule has 0 radical (unpaired) electrons. The normalized spacial score (nSPS) is 17.4. The molecule has 5 aromatic rings. The zero-order valence-corrected chi connectivity index (χ0v) is 30.0. The van der Waals surface area contributed by atoms with Crippen LogP contribution in [0.4, 0.5) is 0 Å². The van der Waals surface area contributed by atoms with Crippen LogP contribution in [0, 0.1) is 30.6 Å². The number of carbonyl (C=O) groups excluding carboxylic acids is 1. The molecule has 262 valence electrons. The highest BCUT2D eigenvalue weighted by Crippen LogP contribution is 2.40. The van der Waals surface area contributed by atoms with Crippen molar-refractivity contribution in [3.8, 4) is 39.2 Å². The number of hydrogen-bond donors (Lipinski definition) is 2. The quantitative estimate of drug-likeness (QED) is 0.182. The van der Waals surface area contributed by atoms with Gasteiger partial charge in [0.05, 0.1) is 42.9 Å². The van der Waals surface area contributed by atoms with Crippen molar-refractivity contribution in [3.05, 3.63) is 81.4 Å². The number of benzene rings is 3. The molecule has 0 bridgehead atoms. The van der Waals surface area contributed by atoms with Crippen molar-refractivity contribution >= 4 is 34.3 Å². The van der Waals surface area contributed by atoms with Gasteiger partial charge in [0.1, 0.15) is 16.6 Å². The lowest BCUT2D eigenvalue weighted by atomic mass is 9.90. The van der Waals surface area contributed by atoms with Crippen LogP contribution in [0.1, 0.15) is 46.2 Å². The number of amides is 1. The fourth-order valence-electron chi connectivity index (χ4n) is 7.24. The molecular formula is C39H40N6O5S. The average Bonchev–Trinajstić information content (AvgIpc) is 3.88. The Kier molecular flexibility index (Phi) is 9.24. The maximum absolute atomic E-state index is 12.8. The highest BCUT2D eigenvalue weighted by atomic mass is 32.1. The van der Waals surface area contributed by atoms with Crippen LogP contribution < -0.4 is 0 Å². The van der Waals surface area contributed by atoms with Crippen molar-refractivity contribution < 1.29 is 24.2 Å². The summed E-state index contributed by atoms with van der Waals surface area (Å²) in [6.45, 7) is 9.36. The second kappa shape index (κ2) is 13.7. The molecule has 1 unspecified atom stereocenters. The first-order valence-electron chi connectivity index (χ1n) is 17.0. The van der Waals surface area contributed by atoms with Gasteiger partial charge in [0.2, 0.25) is 11.8 Å². The first-order chi connectivity index (χ1) is 24.5. The summed E-state index contributed by atoms with van der Waals surface area (Å²) < 4.78 is 6.28. The molecule has 3 aromatic carbocycles. The number of likely N-dealkylation sites (N-methyl/N-ethyl adjacent to an activating group) is 1. The lowest BCUT2D eigenvalue weighted by molar-refractivity contribution is -0.147. The van der Waals surface area contributed by atoms with Crippen LogP contribution in [-0.4, -0.2) is 86.6 Å². The molecule has 7 rings (SSSR count). The molecule has 1 saturated heterocycles. The molecule has 2 aliphatic rings. The number of aromatic nitrogens is 2. The SMILES string of the molecule is Cc1c(-c2nc3cc(CN4CCC(C)(C(=O)O)C4)cc(C#N)c3o2)cccc1-c1cccc(-c2nc3c(s2)CN(C(=O)CN(C)CCO)C3)c1C.